The highest BCUT2D eigenvalue weighted by Crippen LogP contribution is 2.42. The van der Waals surface area contributed by atoms with Crippen LogP contribution in [0.1, 0.15) is 168 Å². The summed E-state index contributed by atoms with van der Waals surface area (Å²) in [6.45, 7) is 3.26. The molecule has 65 heavy (non-hydrogen) atoms. The molecule has 0 heterocycles. The van der Waals surface area contributed by atoms with Crippen LogP contribution in [-0.4, -0.2) is 54.3 Å². The molecule has 0 saturated heterocycles. The molecule has 0 aromatic rings. The molecule has 0 aromatic carbocycles. The lowest BCUT2D eigenvalue weighted by Crippen LogP contribution is -2.27. The van der Waals surface area contributed by atoms with Crippen molar-refractivity contribution in [3.05, 3.63) is 134 Å². The Hall–Kier alpha value is -3.85. The van der Waals surface area contributed by atoms with Crippen molar-refractivity contribution in [3.8, 4) is 0 Å². The minimum atomic E-state index is -4.46. The second-order valence-electron chi connectivity index (χ2n) is 15.7. The molecule has 0 fully saturated rings. The van der Waals surface area contributed by atoms with Crippen molar-refractivity contribution in [1.29, 1.82) is 0 Å². The van der Waals surface area contributed by atoms with E-state index in [1.807, 2.05) is 12.2 Å². The van der Waals surface area contributed by atoms with Crippen LogP contribution in [0.15, 0.2) is 134 Å². The quantitative estimate of drug-likeness (QED) is 0.0238. The lowest BCUT2D eigenvalue weighted by Gasteiger charge is -2.15. The topological polar surface area (TPSA) is 131 Å². The lowest BCUT2D eigenvalue weighted by molar-refractivity contribution is -0.146. The Morgan fingerprint density at radius 2 is 0.908 bits per heavy atom. The molecule has 0 aliphatic heterocycles. The highest BCUT2D eigenvalue weighted by molar-refractivity contribution is 7.47. The maximum absolute atomic E-state index is 12.1. The Labute approximate surface area is 395 Å². The zero-order valence-electron chi connectivity index (χ0n) is 40.4. The standard InChI is InChI=1S/C55H88NO8P/c1-3-5-7-9-11-13-15-17-19-21-23-25-26-28-29-31-33-35-37-39-41-43-45-47-54(58)56-49-50-63-65(60,61)64-52-53(57)51-62-55(59)48-46-44-42-40-38-36-34-32-30-27-24-22-20-18-16-14-12-10-8-6-4-2/h6,8,11-14,17-20,23-25,27-29,32,34,38,40,44,46,53,57H,3-5,7,9-10,15-16,21-22,26,30-31,33,35-37,39,41-43,45,47-52H2,1-2H3,(H,56,58)(H,60,61)/b8-6-,13-11-,14-12-,19-17-,20-18-,25-23-,27-24-,29-28-,34-32-,40-38-,46-44-. The summed E-state index contributed by atoms with van der Waals surface area (Å²) < 4.78 is 26.9. The van der Waals surface area contributed by atoms with Crippen LogP contribution in [0.25, 0.3) is 0 Å². The Morgan fingerprint density at radius 1 is 0.508 bits per heavy atom. The number of hydrogen-bond acceptors (Lipinski definition) is 7. The van der Waals surface area contributed by atoms with Crippen molar-refractivity contribution in [2.45, 2.75) is 174 Å². The van der Waals surface area contributed by atoms with Gasteiger partial charge in [-0.2, -0.15) is 0 Å². The zero-order chi connectivity index (χ0) is 47.4. The minimum absolute atomic E-state index is 0.0395. The third-order valence-corrected chi connectivity index (χ3v) is 10.6. The number of ether oxygens (including phenoxy) is 1. The summed E-state index contributed by atoms with van der Waals surface area (Å²) in [4.78, 5) is 34.0. The van der Waals surface area contributed by atoms with Crippen molar-refractivity contribution in [2.75, 3.05) is 26.4 Å². The van der Waals surface area contributed by atoms with Crippen LogP contribution in [-0.2, 0) is 27.9 Å². The number of carbonyl (C=O) groups is 2. The number of unbranched alkanes of at least 4 members (excludes halogenated alkanes) is 10. The van der Waals surface area contributed by atoms with Crippen molar-refractivity contribution in [3.63, 3.8) is 0 Å². The fourth-order valence-electron chi connectivity index (χ4n) is 5.92. The van der Waals surface area contributed by atoms with E-state index in [4.69, 9.17) is 13.8 Å². The molecule has 1 amide bonds. The van der Waals surface area contributed by atoms with Crippen LogP contribution < -0.4 is 5.32 Å². The molecule has 366 valence electrons. The minimum Gasteiger partial charge on any atom is -0.463 e. The maximum atomic E-state index is 12.1. The molecule has 10 heteroatoms. The molecule has 0 aromatic heterocycles. The normalized spacial score (nSPS) is 14.3. The van der Waals surface area contributed by atoms with E-state index >= 15 is 0 Å². The van der Waals surface area contributed by atoms with Gasteiger partial charge in [0.2, 0.25) is 5.91 Å². The van der Waals surface area contributed by atoms with Gasteiger partial charge < -0.3 is 20.1 Å². The Kier molecular flexibility index (Phi) is 46.6. The fourth-order valence-corrected chi connectivity index (χ4v) is 6.68. The molecule has 0 rings (SSSR count). The van der Waals surface area contributed by atoms with Crippen LogP contribution in [0.3, 0.4) is 0 Å². The molecule has 0 aliphatic carbocycles. The molecular weight excluding hydrogens is 834 g/mol. The van der Waals surface area contributed by atoms with Crippen LogP contribution in [0.4, 0.5) is 0 Å². The average molecular weight is 922 g/mol. The molecule has 9 nitrogen and oxygen atoms in total. The number of amides is 1. The fraction of sp³-hybridized carbons (Fsp3) is 0.564. The smallest absolute Gasteiger partial charge is 0.463 e. The molecule has 0 spiro atoms. The van der Waals surface area contributed by atoms with Gasteiger partial charge in [-0.1, -0.05) is 192 Å². The van der Waals surface area contributed by atoms with Crippen molar-refractivity contribution >= 4 is 19.7 Å². The predicted octanol–water partition coefficient (Wildman–Crippen LogP) is 14.7. The van der Waals surface area contributed by atoms with E-state index in [1.54, 1.807) is 6.08 Å². The van der Waals surface area contributed by atoms with Gasteiger partial charge in [0.15, 0.2) is 0 Å². The van der Waals surface area contributed by atoms with E-state index in [1.165, 1.54) is 44.9 Å². The number of aliphatic hydroxyl groups excluding tert-OH is 1. The SMILES string of the molecule is CC/C=C\C/C=C\C/C=C\C/C=C\C/C=C\C/C=C\C/C=C\CC(=O)OCC(O)COP(=O)(O)OCCNC(=O)CCCCCCCCC/C=C\C/C=C\C/C=C\C/C=C\CCCCC. The summed E-state index contributed by atoms with van der Waals surface area (Å²) in [7, 11) is -4.46. The molecular formula is C55H88NO8P. The summed E-state index contributed by atoms with van der Waals surface area (Å²) in [5.74, 6) is -0.672. The molecule has 2 atom stereocenters. The summed E-state index contributed by atoms with van der Waals surface area (Å²) in [6, 6.07) is 0. The predicted molar refractivity (Wildman–Crippen MR) is 274 cm³/mol. The first-order chi connectivity index (χ1) is 31.8. The Balaban J connectivity index is 3.75. The van der Waals surface area contributed by atoms with E-state index < -0.39 is 26.5 Å². The van der Waals surface area contributed by atoms with Gasteiger partial charge in [-0.25, -0.2) is 4.57 Å². The zero-order valence-corrected chi connectivity index (χ0v) is 41.3. The lowest BCUT2D eigenvalue weighted by atomic mass is 10.1. The van der Waals surface area contributed by atoms with Gasteiger partial charge >= 0.3 is 13.8 Å². The molecule has 0 bridgehead atoms. The van der Waals surface area contributed by atoms with Gasteiger partial charge in [0.25, 0.3) is 0 Å². The second kappa shape index (κ2) is 49.6. The number of nitrogens with one attached hydrogen (secondary N) is 1. The highest BCUT2D eigenvalue weighted by atomic mass is 31.2. The number of hydrogen-bond donors (Lipinski definition) is 3. The number of rotatable bonds is 44. The first-order valence-electron chi connectivity index (χ1n) is 24.7. The Bertz CT molecular complexity index is 1520. The number of aliphatic hydroxyl groups is 1. The first-order valence-corrected chi connectivity index (χ1v) is 26.2. The van der Waals surface area contributed by atoms with Crippen LogP contribution >= 0.6 is 7.82 Å². The van der Waals surface area contributed by atoms with Gasteiger partial charge in [0.1, 0.15) is 12.7 Å². The summed E-state index contributed by atoms with van der Waals surface area (Å²) in [6.07, 6.45) is 69.8. The molecule has 0 saturated carbocycles. The summed E-state index contributed by atoms with van der Waals surface area (Å²) >= 11 is 0. The van der Waals surface area contributed by atoms with Crippen LogP contribution in [0.2, 0.25) is 0 Å². The molecule has 0 radical (unpaired) electrons. The second-order valence-corrected chi connectivity index (χ2v) is 17.2. The van der Waals surface area contributed by atoms with Crippen molar-refractivity contribution < 1.29 is 37.9 Å². The van der Waals surface area contributed by atoms with E-state index in [2.05, 4.69) is 135 Å². The Morgan fingerprint density at radius 3 is 1.37 bits per heavy atom. The van der Waals surface area contributed by atoms with Gasteiger partial charge in [-0.3, -0.25) is 18.6 Å². The highest BCUT2D eigenvalue weighted by Gasteiger charge is 2.23. The van der Waals surface area contributed by atoms with E-state index in [9.17, 15) is 24.2 Å². The first kappa shape index (κ1) is 61.1. The average Bonchev–Trinajstić information content (AvgIpc) is 3.29. The van der Waals surface area contributed by atoms with Gasteiger partial charge in [-0.15, -0.1) is 0 Å². The van der Waals surface area contributed by atoms with Crippen LogP contribution in [0, 0.1) is 0 Å². The van der Waals surface area contributed by atoms with E-state index in [-0.39, 0.29) is 32.1 Å². The van der Waals surface area contributed by atoms with Crippen LogP contribution in [0.5, 0.6) is 0 Å². The van der Waals surface area contributed by atoms with Crippen molar-refractivity contribution in [2.24, 2.45) is 0 Å². The number of phosphoric acid groups is 1. The van der Waals surface area contributed by atoms with Crippen molar-refractivity contribution in [1.82, 2.24) is 5.32 Å². The molecule has 2 unspecified atom stereocenters. The molecule has 0 aliphatic rings. The van der Waals surface area contributed by atoms with Gasteiger partial charge in [0, 0.05) is 13.0 Å². The monoisotopic (exact) mass is 922 g/mol. The van der Waals surface area contributed by atoms with Gasteiger partial charge in [0.05, 0.1) is 19.6 Å². The van der Waals surface area contributed by atoms with E-state index in [0.717, 1.165) is 89.9 Å². The summed E-state index contributed by atoms with van der Waals surface area (Å²) in [5, 5.41) is 12.7. The third kappa shape index (κ3) is 51.0. The van der Waals surface area contributed by atoms with E-state index in [0.29, 0.717) is 12.8 Å². The summed E-state index contributed by atoms with van der Waals surface area (Å²) in [5.41, 5.74) is 0. The largest absolute Gasteiger partial charge is 0.472 e. The van der Waals surface area contributed by atoms with Gasteiger partial charge in [-0.05, 0) is 96.3 Å². The third-order valence-electron chi connectivity index (χ3n) is 9.60. The number of phosphoric ester groups is 1. The maximum Gasteiger partial charge on any atom is 0.472 e. The number of allylic oxidation sites excluding steroid dienone is 21. The number of carbonyl (C=O) groups excluding carboxylic acids is 2. The molecule has 3 N–H and O–H groups in total. The number of esters is 1.